The van der Waals surface area contributed by atoms with E-state index in [0.29, 0.717) is 5.92 Å². The monoisotopic (exact) mass is 586 g/mol. The molecule has 6 aromatic heterocycles. The van der Waals surface area contributed by atoms with E-state index in [-0.39, 0.29) is 0 Å². The van der Waals surface area contributed by atoms with Crippen LogP contribution in [0, 0.1) is 20.8 Å². The van der Waals surface area contributed by atoms with E-state index in [2.05, 4.69) is 112 Å². The molecule has 8 rings (SSSR count). The molecule has 45 heavy (non-hydrogen) atoms. The highest BCUT2D eigenvalue weighted by atomic mass is 15.0. The van der Waals surface area contributed by atoms with Crippen molar-refractivity contribution in [2.24, 2.45) is 0 Å². The Labute approximate surface area is 262 Å². The topological polar surface area (TPSA) is 61.4 Å². The number of nitrogens with zero attached hydrogens (tertiary/aromatic N) is 6. The van der Waals surface area contributed by atoms with Crippen LogP contribution in [0.2, 0.25) is 0 Å². The predicted molar refractivity (Wildman–Crippen MR) is 185 cm³/mol. The molecule has 0 spiro atoms. The lowest BCUT2D eigenvalue weighted by Gasteiger charge is -2.24. The molecule has 0 amide bonds. The van der Waals surface area contributed by atoms with Crippen LogP contribution in [0.15, 0.2) is 98.1 Å². The van der Waals surface area contributed by atoms with Gasteiger partial charge < -0.3 is 9.13 Å². The van der Waals surface area contributed by atoms with Gasteiger partial charge in [0.2, 0.25) is 0 Å². The van der Waals surface area contributed by atoms with Crippen molar-refractivity contribution in [3.63, 3.8) is 0 Å². The fourth-order valence-corrected chi connectivity index (χ4v) is 7.31. The number of aryl methyl sites for hydroxylation is 3. The Kier molecular flexibility index (Phi) is 6.27. The van der Waals surface area contributed by atoms with Gasteiger partial charge in [-0.2, -0.15) is 0 Å². The molecule has 1 atom stereocenters. The van der Waals surface area contributed by atoms with Crippen LogP contribution in [-0.2, 0) is 0 Å². The van der Waals surface area contributed by atoms with Gasteiger partial charge in [-0.15, -0.1) is 0 Å². The first-order chi connectivity index (χ1) is 22.0. The largest absolute Gasteiger partial charge is 0.309 e. The molecule has 0 N–H and O–H groups in total. The van der Waals surface area contributed by atoms with Gasteiger partial charge in [0.05, 0.1) is 22.1 Å². The number of pyridine rings is 4. The van der Waals surface area contributed by atoms with E-state index in [9.17, 15) is 0 Å². The minimum absolute atomic E-state index is 0.380. The molecule has 2 aromatic carbocycles. The van der Waals surface area contributed by atoms with Crippen molar-refractivity contribution < 1.29 is 0 Å². The maximum Gasteiger partial charge on any atom is 0.0572 e. The van der Waals surface area contributed by atoms with Crippen LogP contribution in [0.4, 0.5) is 0 Å². The SMILES string of the molecule is CCC(C)c1cc(-n2c3ccncc3c3cnccc32)cc(C)c1-c1c(C)cc(-n2c3ccncc3c3cnccc32)cc1C. The number of benzene rings is 2. The standard InChI is InChI=1S/C39H34N6/c1-6-23(2)29-18-28(45-36-9-13-42-21-32(36)33-22-43-14-10-37(33)45)17-26(5)39(29)38-24(3)15-27(16-25(38)4)44-34-7-11-40-19-30(34)31-20-41-12-8-35(31)44/h7-23H,6H2,1-5H3. The smallest absolute Gasteiger partial charge is 0.0572 e. The zero-order chi connectivity index (χ0) is 30.8. The quantitative estimate of drug-likeness (QED) is 0.201. The van der Waals surface area contributed by atoms with Crippen molar-refractivity contribution in [3.05, 3.63) is 120 Å². The van der Waals surface area contributed by atoms with E-state index >= 15 is 0 Å². The van der Waals surface area contributed by atoms with Crippen LogP contribution >= 0.6 is 0 Å². The fraction of sp³-hybridized carbons (Fsp3) is 0.179. The second-order valence-corrected chi connectivity index (χ2v) is 12.2. The van der Waals surface area contributed by atoms with E-state index in [1.54, 1.807) is 0 Å². The molecule has 0 saturated carbocycles. The number of rotatable bonds is 5. The van der Waals surface area contributed by atoms with Crippen LogP contribution < -0.4 is 0 Å². The summed E-state index contributed by atoms with van der Waals surface area (Å²) in [4.78, 5) is 17.7. The highest BCUT2D eigenvalue weighted by Crippen LogP contribution is 2.42. The molecule has 0 aliphatic rings. The highest BCUT2D eigenvalue weighted by Gasteiger charge is 2.22. The first-order valence-electron chi connectivity index (χ1n) is 15.6. The zero-order valence-corrected chi connectivity index (χ0v) is 26.2. The summed E-state index contributed by atoms with van der Waals surface area (Å²) in [5, 5.41) is 4.46. The van der Waals surface area contributed by atoms with E-state index < -0.39 is 0 Å². The van der Waals surface area contributed by atoms with Crippen molar-refractivity contribution in [2.75, 3.05) is 0 Å². The van der Waals surface area contributed by atoms with Crippen molar-refractivity contribution in [3.8, 4) is 22.5 Å². The number of fused-ring (bicyclic) bond motifs is 6. The van der Waals surface area contributed by atoms with E-state index in [4.69, 9.17) is 0 Å². The van der Waals surface area contributed by atoms with Crippen LogP contribution in [0.1, 0.15) is 48.4 Å². The minimum Gasteiger partial charge on any atom is -0.309 e. The highest BCUT2D eigenvalue weighted by molar-refractivity contribution is 6.09. The van der Waals surface area contributed by atoms with Crippen molar-refractivity contribution in [1.29, 1.82) is 0 Å². The third-order valence-electron chi connectivity index (χ3n) is 9.51. The van der Waals surface area contributed by atoms with Gasteiger partial charge in [-0.25, -0.2) is 0 Å². The zero-order valence-electron chi connectivity index (χ0n) is 26.2. The average molecular weight is 587 g/mol. The van der Waals surface area contributed by atoms with Gasteiger partial charge in [0.15, 0.2) is 0 Å². The molecule has 0 aliphatic heterocycles. The van der Waals surface area contributed by atoms with Crippen molar-refractivity contribution in [1.82, 2.24) is 29.1 Å². The molecular formula is C39H34N6. The van der Waals surface area contributed by atoms with Gasteiger partial charge >= 0.3 is 0 Å². The lowest BCUT2D eigenvalue weighted by molar-refractivity contribution is 0.733. The van der Waals surface area contributed by atoms with Gasteiger partial charge in [0, 0.05) is 82.5 Å². The average Bonchev–Trinajstić information content (AvgIpc) is 3.58. The maximum absolute atomic E-state index is 4.43. The second kappa shape index (κ2) is 10.4. The summed E-state index contributed by atoms with van der Waals surface area (Å²) < 4.78 is 4.71. The summed E-state index contributed by atoms with van der Waals surface area (Å²) in [6.45, 7) is 11.4. The van der Waals surface area contributed by atoms with Gasteiger partial charge in [0.1, 0.15) is 0 Å². The van der Waals surface area contributed by atoms with Crippen LogP contribution in [-0.4, -0.2) is 29.1 Å². The summed E-state index contributed by atoms with van der Waals surface area (Å²) in [5.74, 6) is 0.380. The van der Waals surface area contributed by atoms with E-state index in [1.807, 2.05) is 49.6 Å². The molecule has 0 aliphatic carbocycles. The molecule has 0 radical (unpaired) electrons. The Balaban J connectivity index is 1.35. The summed E-state index contributed by atoms with van der Waals surface area (Å²) in [7, 11) is 0. The van der Waals surface area contributed by atoms with Crippen LogP contribution in [0.25, 0.3) is 66.1 Å². The first-order valence-corrected chi connectivity index (χ1v) is 15.6. The Morgan fingerprint density at radius 1 is 0.533 bits per heavy atom. The first kappa shape index (κ1) is 27.2. The molecule has 0 saturated heterocycles. The molecular weight excluding hydrogens is 552 g/mol. The van der Waals surface area contributed by atoms with Crippen molar-refractivity contribution >= 4 is 43.6 Å². The van der Waals surface area contributed by atoms with Gasteiger partial charge in [-0.05, 0) is 115 Å². The number of hydrogen-bond donors (Lipinski definition) is 0. The van der Waals surface area contributed by atoms with E-state index in [1.165, 1.54) is 39.1 Å². The number of aromatic nitrogens is 6. The summed E-state index contributed by atoms with van der Waals surface area (Å²) >= 11 is 0. The Hall–Kier alpha value is -5.36. The van der Waals surface area contributed by atoms with Crippen LogP contribution in [0.5, 0.6) is 0 Å². The van der Waals surface area contributed by atoms with Gasteiger partial charge in [-0.3, -0.25) is 19.9 Å². The second-order valence-electron chi connectivity index (χ2n) is 12.2. The molecule has 8 aromatic rings. The van der Waals surface area contributed by atoms with Crippen LogP contribution in [0.3, 0.4) is 0 Å². The Bertz CT molecular complexity index is 2300. The summed E-state index contributed by atoms with van der Waals surface area (Å²) in [6.07, 6.45) is 16.3. The number of hydrogen-bond acceptors (Lipinski definition) is 4. The minimum atomic E-state index is 0.380. The third kappa shape index (κ3) is 4.09. The lowest BCUT2D eigenvalue weighted by Crippen LogP contribution is -2.05. The molecule has 1 unspecified atom stereocenters. The molecule has 6 heterocycles. The molecule has 6 nitrogen and oxygen atoms in total. The van der Waals surface area contributed by atoms with Gasteiger partial charge in [-0.1, -0.05) is 13.8 Å². The predicted octanol–water partition coefficient (Wildman–Crippen LogP) is 9.57. The molecule has 220 valence electrons. The lowest BCUT2D eigenvalue weighted by atomic mass is 9.83. The molecule has 0 fully saturated rings. The normalized spacial score (nSPS) is 12.6. The van der Waals surface area contributed by atoms with Gasteiger partial charge in [0.25, 0.3) is 0 Å². The molecule has 6 heteroatoms. The summed E-state index contributed by atoms with van der Waals surface area (Å²) in [6, 6.07) is 17.8. The summed E-state index contributed by atoms with van der Waals surface area (Å²) in [5.41, 5.74) is 14.7. The fourth-order valence-electron chi connectivity index (χ4n) is 7.31. The van der Waals surface area contributed by atoms with Crippen molar-refractivity contribution in [2.45, 2.75) is 47.0 Å². The maximum atomic E-state index is 4.43. The Morgan fingerprint density at radius 3 is 1.27 bits per heavy atom. The Morgan fingerprint density at radius 2 is 0.889 bits per heavy atom. The van der Waals surface area contributed by atoms with E-state index in [0.717, 1.165) is 55.7 Å². The third-order valence-corrected chi connectivity index (χ3v) is 9.51. The molecule has 0 bridgehead atoms.